The normalized spacial score (nSPS) is 16.2. The minimum Gasteiger partial charge on any atom is -0.497 e. The number of methoxy groups -OCH3 is 1. The van der Waals surface area contributed by atoms with E-state index in [9.17, 15) is 9.59 Å². The molecule has 1 unspecified atom stereocenters. The molecule has 32 heavy (non-hydrogen) atoms. The molecule has 2 aromatic heterocycles. The fourth-order valence-corrected chi connectivity index (χ4v) is 5.34. The molecule has 6 nitrogen and oxygen atoms in total. The monoisotopic (exact) mass is 468 g/mol. The maximum atomic E-state index is 13.5. The Morgan fingerprint density at radius 1 is 1.25 bits per heavy atom. The predicted molar refractivity (Wildman–Crippen MR) is 127 cm³/mol. The van der Waals surface area contributed by atoms with Gasteiger partial charge in [-0.1, -0.05) is 43.4 Å². The van der Waals surface area contributed by atoms with Crippen LogP contribution in [-0.4, -0.2) is 24.3 Å². The Morgan fingerprint density at radius 2 is 2.00 bits per heavy atom. The number of esters is 1. The van der Waals surface area contributed by atoms with Gasteiger partial charge in [-0.25, -0.2) is 9.79 Å². The van der Waals surface area contributed by atoms with Gasteiger partial charge in [0.15, 0.2) is 4.80 Å². The third-order valence-corrected chi connectivity index (χ3v) is 6.92. The van der Waals surface area contributed by atoms with E-state index in [0.717, 1.165) is 16.2 Å². The summed E-state index contributed by atoms with van der Waals surface area (Å²) in [6.45, 7) is 6.08. The van der Waals surface area contributed by atoms with Crippen molar-refractivity contribution in [2.75, 3.05) is 13.7 Å². The van der Waals surface area contributed by atoms with E-state index in [0.29, 0.717) is 27.2 Å². The molecule has 4 rings (SSSR count). The van der Waals surface area contributed by atoms with Gasteiger partial charge >= 0.3 is 5.97 Å². The van der Waals surface area contributed by atoms with E-state index in [1.807, 2.05) is 61.7 Å². The minimum absolute atomic E-state index is 0.176. The lowest BCUT2D eigenvalue weighted by molar-refractivity contribution is -0.140. The molecule has 3 heterocycles. The number of rotatable bonds is 6. The van der Waals surface area contributed by atoms with Gasteiger partial charge in [-0.15, -0.1) is 11.3 Å². The Hall–Kier alpha value is -2.97. The number of carbonyl (C=O) groups is 1. The molecule has 1 aromatic carbocycles. The maximum absolute atomic E-state index is 13.5. The molecule has 0 bridgehead atoms. The van der Waals surface area contributed by atoms with Crippen molar-refractivity contribution in [2.24, 2.45) is 10.9 Å². The summed E-state index contributed by atoms with van der Waals surface area (Å²) in [5.74, 6) is 0.537. The molecule has 0 radical (unpaired) electrons. The van der Waals surface area contributed by atoms with E-state index in [1.165, 1.54) is 22.7 Å². The third kappa shape index (κ3) is 4.33. The highest BCUT2D eigenvalue weighted by Crippen LogP contribution is 2.33. The van der Waals surface area contributed by atoms with E-state index in [-0.39, 0.29) is 11.5 Å². The lowest BCUT2D eigenvalue weighted by atomic mass is 10.0. The van der Waals surface area contributed by atoms with Crippen LogP contribution in [0, 0.1) is 5.92 Å². The molecule has 0 saturated carbocycles. The Labute approximate surface area is 193 Å². The van der Waals surface area contributed by atoms with E-state index in [2.05, 4.69) is 4.99 Å². The molecule has 1 aliphatic heterocycles. The zero-order chi connectivity index (χ0) is 22.8. The average Bonchev–Trinajstić information content (AvgIpc) is 3.40. The van der Waals surface area contributed by atoms with E-state index in [4.69, 9.17) is 9.47 Å². The second kappa shape index (κ2) is 9.26. The van der Waals surface area contributed by atoms with E-state index in [1.54, 1.807) is 18.6 Å². The highest BCUT2D eigenvalue weighted by atomic mass is 32.1. The number of fused-ring (bicyclic) bond motifs is 1. The number of allylic oxidation sites excluding steroid dienone is 1. The van der Waals surface area contributed by atoms with Gasteiger partial charge in [-0.3, -0.25) is 9.36 Å². The summed E-state index contributed by atoms with van der Waals surface area (Å²) in [4.78, 5) is 32.6. The maximum Gasteiger partial charge on any atom is 0.338 e. The zero-order valence-corrected chi connectivity index (χ0v) is 20.0. The number of hydrogen-bond donors (Lipinski definition) is 0. The predicted octanol–water partition coefficient (Wildman–Crippen LogP) is 3.50. The summed E-state index contributed by atoms with van der Waals surface area (Å²) < 4.78 is 12.9. The van der Waals surface area contributed by atoms with Gasteiger partial charge in [0.2, 0.25) is 0 Å². The van der Waals surface area contributed by atoms with Crippen molar-refractivity contribution in [3.63, 3.8) is 0 Å². The summed E-state index contributed by atoms with van der Waals surface area (Å²) in [7, 11) is 1.61. The highest BCUT2D eigenvalue weighted by molar-refractivity contribution is 7.10. The van der Waals surface area contributed by atoms with Gasteiger partial charge in [-0.2, -0.15) is 0 Å². The molecule has 166 valence electrons. The third-order valence-electron chi connectivity index (χ3n) is 5.02. The first-order chi connectivity index (χ1) is 15.4. The molecule has 1 atom stereocenters. The number of nitrogens with zero attached hydrogens (tertiary/aromatic N) is 2. The van der Waals surface area contributed by atoms with Crippen LogP contribution in [0.3, 0.4) is 0 Å². The lowest BCUT2D eigenvalue weighted by Gasteiger charge is -2.23. The van der Waals surface area contributed by atoms with Crippen LogP contribution in [0.4, 0.5) is 0 Å². The summed E-state index contributed by atoms with van der Waals surface area (Å²) in [5.41, 5.74) is 1.70. The van der Waals surface area contributed by atoms with Crippen molar-refractivity contribution < 1.29 is 14.3 Å². The molecular formula is C24H24N2O4S2. The fourth-order valence-electron chi connectivity index (χ4n) is 3.47. The van der Waals surface area contributed by atoms with Gasteiger partial charge in [0.05, 0.1) is 29.5 Å². The van der Waals surface area contributed by atoms with Crippen LogP contribution in [0.5, 0.6) is 5.75 Å². The average molecular weight is 469 g/mol. The number of ether oxygens (including phenoxy) is 2. The molecule has 0 fully saturated rings. The first kappa shape index (κ1) is 22.2. The highest BCUT2D eigenvalue weighted by Gasteiger charge is 2.34. The van der Waals surface area contributed by atoms with Crippen LogP contribution < -0.4 is 19.6 Å². The van der Waals surface area contributed by atoms with Crippen LogP contribution in [0.15, 0.2) is 62.8 Å². The van der Waals surface area contributed by atoms with Gasteiger partial charge < -0.3 is 9.47 Å². The van der Waals surface area contributed by atoms with Crippen LogP contribution >= 0.6 is 22.7 Å². The van der Waals surface area contributed by atoms with Gasteiger partial charge in [0.25, 0.3) is 5.56 Å². The van der Waals surface area contributed by atoms with Crippen molar-refractivity contribution in [3.8, 4) is 5.75 Å². The minimum atomic E-state index is -0.552. The first-order valence-corrected chi connectivity index (χ1v) is 12.0. The van der Waals surface area contributed by atoms with Gasteiger partial charge in [0.1, 0.15) is 11.8 Å². The quantitative estimate of drug-likeness (QED) is 0.519. The number of hydrogen-bond acceptors (Lipinski definition) is 7. The summed E-state index contributed by atoms with van der Waals surface area (Å²) in [6, 6.07) is 10.8. The number of thiazole rings is 1. The molecule has 1 aliphatic rings. The summed E-state index contributed by atoms with van der Waals surface area (Å²) >= 11 is 2.82. The van der Waals surface area contributed by atoms with Crippen LogP contribution in [-0.2, 0) is 9.53 Å². The molecular weight excluding hydrogens is 444 g/mol. The van der Waals surface area contributed by atoms with E-state index >= 15 is 0 Å². The van der Waals surface area contributed by atoms with Crippen LogP contribution in [0.1, 0.15) is 37.3 Å². The number of carbonyl (C=O) groups excluding carboxylic acids is 1. The Morgan fingerprint density at radius 3 is 2.62 bits per heavy atom. The van der Waals surface area contributed by atoms with Gasteiger partial charge in [-0.05, 0) is 48.1 Å². The molecule has 0 saturated heterocycles. The van der Waals surface area contributed by atoms with Crippen LogP contribution in [0.25, 0.3) is 6.08 Å². The second-order valence-corrected chi connectivity index (χ2v) is 9.85. The number of thiophene rings is 1. The SMILES string of the molecule is COc1ccc(C=c2sc3n(c2=O)C(c2cccs2)C(C(=O)OCC(C)C)=C(C)N=3)cc1. The Balaban J connectivity index is 1.84. The standard InChI is InChI=1S/C24H24N2O4S2/c1-14(2)13-30-23(28)20-15(3)25-24-26(21(20)18-6-5-11-31-18)22(27)19(32-24)12-16-7-9-17(29-4)10-8-16/h5-12,14,21H,13H2,1-4H3. The van der Waals surface area contributed by atoms with Crippen molar-refractivity contribution in [1.82, 2.24) is 4.57 Å². The zero-order valence-electron chi connectivity index (χ0n) is 18.3. The first-order valence-electron chi connectivity index (χ1n) is 10.3. The van der Waals surface area contributed by atoms with E-state index < -0.39 is 12.0 Å². The number of benzene rings is 1. The van der Waals surface area contributed by atoms with Gasteiger partial charge in [0, 0.05) is 4.88 Å². The summed E-state index contributed by atoms with van der Waals surface area (Å²) in [6.07, 6.45) is 1.84. The Kier molecular flexibility index (Phi) is 6.43. The fraction of sp³-hybridized carbons (Fsp3) is 0.292. The number of aromatic nitrogens is 1. The van der Waals surface area contributed by atoms with Crippen LogP contribution in [0.2, 0.25) is 0 Å². The molecule has 0 amide bonds. The second-order valence-electron chi connectivity index (χ2n) is 7.86. The molecule has 3 aromatic rings. The molecule has 0 N–H and O–H groups in total. The molecule has 0 spiro atoms. The summed E-state index contributed by atoms with van der Waals surface area (Å²) in [5, 5.41) is 1.94. The smallest absolute Gasteiger partial charge is 0.338 e. The van der Waals surface area contributed by atoms with Crippen molar-refractivity contribution in [3.05, 3.63) is 83.2 Å². The molecule has 0 aliphatic carbocycles. The topological polar surface area (TPSA) is 69.9 Å². The van der Waals surface area contributed by atoms with Crippen molar-refractivity contribution in [1.29, 1.82) is 0 Å². The Bertz CT molecular complexity index is 1330. The largest absolute Gasteiger partial charge is 0.497 e. The van der Waals surface area contributed by atoms with Crippen molar-refractivity contribution >= 4 is 34.7 Å². The lowest BCUT2D eigenvalue weighted by Crippen LogP contribution is -2.39. The van der Waals surface area contributed by atoms with Crippen molar-refractivity contribution in [2.45, 2.75) is 26.8 Å². The molecule has 8 heteroatoms.